The highest BCUT2D eigenvalue weighted by atomic mass is 16.5. The van der Waals surface area contributed by atoms with Crippen molar-refractivity contribution in [2.24, 2.45) is 0 Å². The molecule has 0 radical (unpaired) electrons. The third-order valence-electron chi connectivity index (χ3n) is 1.69. The van der Waals surface area contributed by atoms with Gasteiger partial charge in [-0.15, -0.1) is 0 Å². The van der Waals surface area contributed by atoms with Gasteiger partial charge < -0.3 is 4.74 Å². The van der Waals surface area contributed by atoms with Crippen LogP contribution in [0.1, 0.15) is 29.8 Å². The summed E-state index contributed by atoms with van der Waals surface area (Å²) in [6.07, 6.45) is 3.73. The highest BCUT2D eigenvalue weighted by Crippen LogP contribution is 2.04. The molecule has 0 saturated heterocycles. The van der Waals surface area contributed by atoms with Crippen molar-refractivity contribution >= 4 is 18.3 Å². The van der Waals surface area contributed by atoms with Gasteiger partial charge in [-0.2, -0.15) is 0 Å². The first-order chi connectivity index (χ1) is 7.76. The van der Waals surface area contributed by atoms with E-state index in [2.05, 4.69) is 4.74 Å². The van der Waals surface area contributed by atoms with E-state index in [-0.39, 0.29) is 0 Å². The van der Waals surface area contributed by atoms with Crippen LogP contribution in [0.25, 0.3) is 6.08 Å². The molecule has 0 aliphatic heterocycles. The number of aldehydes is 1. The van der Waals surface area contributed by atoms with Crippen molar-refractivity contribution in [2.75, 3.05) is 7.11 Å². The highest BCUT2D eigenvalue weighted by Gasteiger charge is 1.92. The van der Waals surface area contributed by atoms with Gasteiger partial charge in [0.25, 0.3) is 0 Å². The summed E-state index contributed by atoms with van der Waals surface area (Å²) < 4.78 is 4.43. The van der Waals surface area contributed by atoms with Crippen molar-refractivity contribution in [1.29, 1.82) is 0 Å². The van der Waals surface area contributed by atoms with E-state index in [9.17, 15) is 9.59 Å². The minimum atomic E-state index is -0.399. The SMILES string of the molecule is CC.COC(=O)/C=C/c1ccc(C=O)cc1. The smallest absolute Gasteiger partial charge is 0.330 e. The number of ether oxygens (including phenoxy) is 1. The fourth-order valence-electron chi connectivity index (χ4n) is 0.918. The minimum Gasteiger partial charge on any atom is -0.466 e. The lowest BCUT2D eigenvalue weighted by atomic mass is 10.1. The van der Waals surface area contributed by atoms with Crippen LogP contribution in [0.2, 0.25) is 0 Å². The summed E-state index contributed by atoms with van der Waals surface area (Å²) in [5.74, 6) is -0.399. The molecule has 0 aliphatic carbocycles. The number of carbonyl (C=O) groups excluding carboxylic acids is 2. The van der Waals surface area contributed by atoms with Crippen LogP contribution in [0.5, 0.6) is 0 Å². The van der Waals surface area contributed by atoms with Crippen molar-refractivity contribution in [3.8, 4) is 0 Å². The number of hydrogen-bond acceptors (Lipinski definition) is 3. The molecule has 86 valence electrons. The molecule has 3 heteroatoms. The minimum absolute atomic E-state index is 0.399. The van der Waals surface area contributed by atoms with Gasteiger partial charge in [0.05, 0.1) is 7.11 Å². The van der Waals surface area contributed by atoms with E-state index < -0.39 is 5.97 Å². The van der Waals surface area contributed by atoms with Crippen LogP contribution in [-0.2, 0) is 9.53 Å². The summed E-state index contributed by atoms with van der Waals surface area (Å²) >= 11 is 0. The molecule has 3 nitrogen and oxygen atoms in total. The standard InChI is InChI=1S/C11H10O3.C2H6/c1-14-11(13)7-6-9-2-4-10(8-12)5-3-9;1-2/h2-8H,1H3;1-2H3/b7-6+;. The van der Waals surface area contributed by atoms with E-state index in [4.69, 9.17) is 0 Å². The molecular weight excluding hydrogens is 204 g/mol. The van der Waals surface area contributed by atoms with Crippen LogP contribution in [0, 0.1) is 0 Å². The Balaban J connectivity index is 0.00000106. The van der Waals surface area contributed by atoms with Gasteiger partial charge in [-0.05, 0) is 11.6 Å². The van der Waals surface area contributed by atoms with Crippen LogP contribution < -0.4 is 0 Å². The van der Waals surface area contributed by atoms with E-state index >= 15 is 0 Å². The van der Waals surface area contributed by atoms with Crippen molar-refractivity contribution in [2.45, 2.75) is 13.8 Å². The lowest BCUT2D eigenvalue weighted by Gasteiger charge is -1.93. The largest absolute Gasteiger partial charge is 0.466 e. The summed E-state index contributed by atoms with van der Waals surface area (Å²) in [5.41, 5.74) is 1.46. The molecule has 0 spiro atoms. The topological polar surface area (TPSA) is 43.4 Å². The van der Waals surface area contributed by atoms with E-state index in [0.717, 1.165) is 11.8 Å². The van der Waals surface area contributed by atoms with Gasteiger partial charge in [-0.1, -0.05) is 38.1 Å². The second-order valence-corrected chi connectivity index (χ2v) is 2.64. The van der Waals surface area contributed by atoms with Crippen LogP contribution in [0.4, 0.5) is 0 Å². The lowest BCUT2D eigenvalue weighted by molar-refractivity contribution is -0.134. The number of esters is 1. The quantitative estimate of drug-likeness (QED) is 0.447. The molecule has 1 aromatic rings. The van der Waals surface area contributed by atoms with E-state index in [0.29, 0.717) is 5.56 Å². The Morgan fingerprint density at radius 1 is 1.12 bits per heavy atom. The molecular formula is C13H16O3. The van der Waals surface area contributed by atoms with Gasteiger partial charge in [0, 0.05) is 11.6 Å². The summed E-state index contributed by atoms with van der Waals surface area (Å²) in [6.45, 7) is 4.00. The molecule has 0 unspecified atom stereocenters. The molecule has 0 N–H and O–H groups in total. The van der Waals surface area contributed by atoms with E-state index in [1.807, 2.05) is 13.8 Å². The first-order valence-corrected chi connectivity index (χ1v) is 5.07. The van der Waals surface area contributed by atoms with Crippen LogP contribution >= 0.6 is 0 Å². The van der Waals surface area contributed by atoms with Gasteiger partial charge in [-0.3, -0.25) is 4.79 Å². The van der Waals surface area contributed by atoms with Gasteiger partial charge >= 0.3 is 5.97 Å². The molecule has 0 atom stereocenters. The molecule has 16 heavy (non-hydrogen) atoms. The predicted octanol–water partition coefficient (Wildman–Crippen LogP) is 2.71. The van der Waals surface area contributed by atoms with Crippen LogP contribution in [0.3, 0.4) is 0 Å². The average molecular weight is 220 g/mol. The zero-order chi connectivity index (χ0) is 12.4. The second-order valence-electron chi connectivity index (χ2n) is 2.64. The second kappa shape index (κ2) is 8.41. The van der Waals surface area contributed by atoms with Crippen molar-refractivity contribution in [1.82, 2.24) is 0 Å². The molecule has 1 aromatic carbocycles. The summed E-state index contributed by atoms with van der Waals surface area (Å²) in [5, 5.41) is 0. The first-order valence-electron chi connectivity index (χ1n) is 5.07. The maximum Gasteiger partial charge on any atom is 0.330 e. The Morgan fingerprint density at radius 3 is 2.06 bits per heavy atom. The number of rotatable bonds is 3. The molecule has 0 saturated carbocycles. The molecule has 0 fully saturated rings. The molecule has 0 heterocycles. The molecule has 0 aliphatic rings. The van der Waals surface area contributed by atoms with E-state index in [1.165, 1.54) is 13.2 Å². The number of benzene rings is 1. The fraction of sp³-hybridized carbons (Fsp3) is 0.231. The monoisotopic (exact) mass is 220 g/mol. The molecule has 0 aromatic heterocycles. The third-order valence-corrected chi connectivity index (χ3v) is 1.69. The third kappa shape index (κ3) is 5.10. The fourth-order valence-corrected chi connectivity index (χ4v) is 0.918. The first kappa shape index (κ1) is 14.1. The number of methoxy groups -OCH3 is 1. The zero-order valence-electron chi connectivity index (χ0n) is 9.77. The maximum atomic E-state index is 10.7. The van der Waals surface area contributed by atoms with E-state index in [1.54, 1.807) is 30.3 Å². The number of carbonyl (C=O) groups is 2. The van der Waals surface area contributed by atoms with Gasteiger partial charge in [-0.25, -0.2) is 4.79 Å². The van der Waals surface area contributed by atoms with Crippen LogP contribution in [0.15, 0.2) is 30.3 Å². The summed E-state index contributed by atoms with van der Waals surface area (Å²) in [6, 6.07) is 6.88. The lowest BCUT2D eigenvalue weighted by Crippen LogP contribution is -1.93. The van der Waals surface area contributed by atoms with Gasteiger partial charge in [0.15, 0.2) is 0 Å². The van der Waals surface area contributed by atoms with Gasteiger partial charge in [0.1, 0.15) is 6.29 Å². The average Bonchev–Trinajstić information content (AvgIpc) is 2.38. The highest BCUT2D eigenvalue weighted by molar-refractivity contribution is 5.87. The molecule has 0 bridgehead atoms. The molecule has 0 amide bonds. The van der Waals surface area contributed by atoms with Crippen molar-refractivity contribution in [3.63, 3.8) is 0 Å². The Kier molecular flexibility index (Phi) is 7.41. The predicted molar refractivity (Wildman–Crippen MR) is 64.2 cm³/mol. The molecule has 1 rings (SSSR count). The van der Waals surface area contributed by atoms with Crippen molar-refractivity contribution in [3.05, 3.63) is 41.5 Å². The maximum absolute atomic E-state index is 10.7. The van der Waals surface area contributed by atoms with Gasteiger partial charge in [0.2, 0.25) is 0 Å². The summed E-state index contributed by atoms with van der Waals surface area (Å²) in [7, 11) is 1.32. The van der Waals surface area contributed by atoms with Crippen molar-refractivity contribution < 1.29 is 14.3 Å². The normalized spacial score (nSPS) is 9.19. The zero-order valence-corrected chi connectivity index (χ0v) is 9.77. The number of hydrogen-bond donors (Lipinski definition) is 0. The Hall–Kier alpha value is -1.90. The Labute approximate surface area is 95.7 Å². The van der Waals surface area contributed by atoms with Crippen LogP contribution in [-0.4, -0.2) is 19.4 Å². The summed E-state index contributed by atoms with van der Waals surface area (Å²) in [4.78, 5) is 21.1. The Bertz CT molecular complexity index is 350. The Morgan fingerprint density at radius 2 is 1.62 bits per heavy atom.